The lowest BCUT2D eigenvalue weighted by Crippen LogP contribution is -2.64. The number of aromatic nitrogens is 3. The summed E-state index contributed by atoms with van der Waals surface area (Å²) in [5.41, 5.74) is 2.64. The maximum Gasteiger partial charge on any atom is 0.358 e. The van der Waals surface area contributed by atoms with Gasteiger partial charge in [-0.2, -0.15) is 5.10 Å². The lowest BCUT2D eigenvalue weighted by molar-refractivity contribution is -0.249. The molecular formula is C35H54ClN3O4Si. The van der Waals surface area contributed by atoms with Crippen LogP contribution in [-0.2, 0) is 20.4 Å². The van der Waals surface area contributed by atoms with Crippen LogP contribution in [0.2, 0.25) is 23.3 Å². The molecule has 0 aliphatic heterocycles. The van der Waals surface area contributed by atoms with Crippen molar-refractivity contribution in [3.8, 4) is 11.1 Å². The maximum atomic E-state index is 13.2. The first-order valence-electron chi connectivity index (χ1n) is 16.3. The zero-order valence-corrected chi connectivity index (χ0v) is 30.7. The second-order valence-corrected chi connectivity index (χ2v) is 22.9. The molecule has 6 rings (SSSR count). The Labute approximate surface area is 270 Å². The van der Waals surface area contributed by atoms with Crippen LogP contribution in [0.4, 0.5) is 0 Å². The Hall–Kier alpha value is -1.74. The van der Waals surface area contributed by atoms with Crippen molar-refractivity contribution in [1.29, 1.82) is 0 Å². The topological polar surface area (TPSA) is 75.5 Å². The van der Waals surface area contributed by atoms with Crippen LogP contribution in [0.25, 0.3) is 11.1 Å². The molecule has 4 fully saturated rings. The molecule has 2 heterocycles. The first kappa shape index (κ1) is 33.6. The van der Waals surface area contributed by atoms with E-state index in [1.165, 1.54) is 19.3 Å². The van der Waals surface area contributed by atoms with E-state index in [-0.39, 0.29) is 37.7 Å². The molecule has 244 valence electrons. The Bertz CT molecular complexity index is 1400. The Morgan fingerprint density at radius 2 is 1.59 bits per heavy atom. The van der Waals surface area contributed by atoms with Crippen molar-refractivity contribution in [2.45, 2.75) is 137 Å². The van der Waals surface area contributed by atoms with E-state index < -0.39 is 19.9 Å². The largest absolute Gasteiger partial charge is 0.455 e. The second-order valence-electron chi connectivity index (χ2n) is 17.7. The van der Waals surface area contributed by atoms with Gasteiger partial charge in [-0.3, -0.25) is 4.68 Å². The van der Waals surface area contributed by atoms with Crippen LogP contribution in [-0.4, -0.2) is 53.5 Å². The minimum Gasteiger partial charge on any atom is -0.455 e. The fourth-order valence-electron chi connectivity index (χ4n) is 9.25. The maximum absolute atomic E-state index is 13.2. The molecule has 4 aliphatic carbocycles. The summed E-state index contributed by atoms with van der Waals surface area (Å²) >= 11 is 6.24. The van der Waals surface area contributed by atoms with Gasteiger partial charge in [-0.1, -0.05) is 46.2 Å². The second kappa shape index (κ2) is 10.9. The van der Waals surface area contributed by atoms with E-state index >= 15 is 0 Å². The van der Waals surface area contributed by atoms with Gasteiger partial charge in [0, 0.05) is 23.4 Å². The van der Waals surface area contributed by atoms with Crippen LogP contribution >= 0.6 is 11.6 Å². The molecule has 2 aromatic heterocycles. The highest BCUT2D eigenvalue weighted by Gasteiger charge is 2.66. The molecule has 7 nitrogen and oxygen atoms in total. The number of esters is 1. The zero-order valence-electron chi connectivity index (χ0n) is 28.9. The number of ether oxygens (including phenoxy) is 2. The van der Waals surface area contributed by atoms with Crippen LogP contribution in [0.15, 0.2) is 18.3 Å². The van der Waals surface area contributed by atoms with Crippen molar-refractivity contribution in [3.05, 3.63) is 34.9 Å². The van der Waals surface area contributed by atoms with Crippen molar-refractivity contribution in [2.24, 2.45) is 16.2 Å². The van der Waals surface area contributed by atoms with E-state index in [1.807, 2.05) is 33.0 Å². The van der Waals surface area contributed by atoms with Crippen molar-refractivity contribution in [1.82, 2.24) is 14.8 Å². The summed E-state index contributed by atoms with van der Waals surface area (Å²) < 4.78 is 21.3. The van der Waals surface area contributed by atoms with Gasteiger partial charge in [-0.15, -0.1) is 0 Å². The number of halogens is 1. The summed E-state index contributed by atoms with van der Waals surface area (Å²) in [4.78, 5) is 17.5. The van der Waals surface area contributed by atoms with Gasteiger partial charge in [0.05, 0.1) is 25.0 Å². The van der Waals surface area contributed by atoms with E-state index in [0.717, 1.165) is 37.1 Å². The van der Waals surface area contributed by atoms with Gasteiger partial charge < -0.3 is 13.9 Å². The van der Waals surface area contributed by atoms with E-state index in [4.69, 9.17) is 30.6 Å². The molecule has 4 saturated carbocycles. The van der Waals surface area contributed by atoms with Crippen LogP contribution < -0.4 is 0 Å². The molecule has 0 amide bonds. The van der Waals surface area contributed by atoms with Crippen LogP contribution in [0.5, 0.6) is 0 Å². The smallest absolute Gasteiger partial charge is 0.358 e. The van der Waals surface area contributed by atoms with E-state index in [0.29, 0.717) is 18.8 Å². The zero-order chi connectivity index (χ0) is 32.6. The summed E-state index contributed by atoms with van der Waals surface area (Å²) in [6.07, 6.45) is 8.77. The summed E-state index contributed by atoms with van der Waals surface area (Å²) in [5, 5.41) is 5.36. The molecular weight excluding hydrogens is 590 g/mol. The van der Waals surface area contributed by atoms with Gasteiger partial charge in [0.15, 0.2) is 14.0 Å². The Morgan fingerprint density at radius 3 is 2.18 bits per heavy atom. The molecule has 0 saturated heterocycles. The number of carbonyl (C=O) groups excluding carboxylic acids is 1. The first-order valence-corrected chi connectivity index (χ1v) is 19.6. The van der Waals surface area contributed by atoms with E-state index in [1.54, 1.807) is 6.07 Å². The average Bonchev–Trinajstić information content (AvgIpc) is 3.17. The SMILES string of the molecule is Cc1c(-c2ccc(Cl)nc2C(=O)OC(C)(C)C)cnn1CC12CC3(C)CC(C)(C1)CC(OCCO[Si](C)(C)C(C)(C)C)(C3)C2. The average molecular weight is 644 g/mol. The minimum absolute atomic E-state index is 0.0961. The van der Waals surface area contributed by atoms with Gasteiger partial charge >= 0.3 is 5.97 Å². The predicted octanol–water partition coefficient (Wildman–Crippen LogP) is 9.02. The number of hydrogen-bond acceptors (Lipinski definition) is 6. The number of carbonyl (C=O) groups is 1. The molecule has 9 heteroatoms. The van der Waals surface area contributed by atoms with Crippen LogP contribution in [0.1, 0.15) is 110 Å². The highest BCUT2D eigenvalue weighted by molar-refractivity contribution is 6.74. The molecule has 2 atom stereocenters. The van der Waals surface area contributed by atoms with Gasteiger partial charge in [-0.05, 0) is 113 Å². The Morgan fingerprint density at radius 1 is 0.955 bits per heavy atom. The third-order valence-corrected chi connectivity index (χ3v) is 15.5. The van der Waals surface area contributed by atoms with Gasteiger partial charge in [0.1, 0.15) is 10.8 Å². The van der Waals surface area contributed by atoms with Crippen molar-refractivity contribution in [2.75, 3.05) is 13.2 Å². The highest BCUT2D eigenvalue weighted by atomic mass is 35.5. The van der Waals surface area contributed by atoms with Crippen LogP contribution in [0.3, 0.4) is 0 Å². The lowest BCUT2D eigenvalue weighted by atomic mass is 9.39. The number of nitrogens with zero attached hydrogens (tertiary/aromatic N) is 3. The van der Waals surface area contributed by atoms with Gasteiger partial charge in [-0.25, -0.2) is 9.78 Å². The first-order chi connectivity index (χ1) is 20.1. The third kappa shape index (κ3) is 6.70. The Balaban J connectivity index is 1.39. The van der Waals surface area contributed by atoms with E-state index in [9.17, 15) is 4.79 Å². The third-order valence-electron chi connectivity index (χ3n) is 10.7. The molecule has 0 spiro atoms. The standard InChI is InChI=1S/C35H54ClN3O4Si/c1-24-26(25-12-13-27(36)38-28(25)29(40)43-30(2,3)4)16-37-39(24)23-34-18-32(8)17-33(9,19-34)21-35(20-32,22-34)41-14-15-42-44(10,11)31(5,6)7/h12-13,16H,14-15,17-23H2,1-11H3. The van der Waals surface area contributed by atoms with Crippen molar-refractivity contribution >= 4 is 25.9 Å². The summed E-state index contributed by atoms with van der Waals surface area (Å²) in [6.45, 7) is 26.2. The molecule has 4 bridgehead atoms. The fraction of sp³-hybridized carbons (Fsp3) is 0.743. The number of pyridine rings is 1. The number of rotatable bonds is 9. The monoisotopic (exact) mass is 643 g/mol. The molecule has 2 unspecified atom stereocenters. The molecule has 0 radical (unpaired) electrons. The minimum atomic E-state index is -1.82. The lowest BCUT2D eigenvalue weighted by Gasteiger charge is -2.69. The predicted molar refractivity (Wildman–Crippen MR) is 179 cm³/mol. The number of hydrogen-bond donors (Lipinski definition) is 0. The molecule has 2 aromatic rings. The van der Waals surface area contributed by atoms with Gasteiger partial charge in [0.2, 0.25) is 0 Å². The molecule has 0 N–H and O–H groups in total. The Kier molecular flexibility index (Phi) is 8.34. The van der Waals surface area contributed by atoms with Crippen molar-refractivity contribution in [3.63, 3.8) is 0 Å². The molecule has 4 aliphatic rings. The molecule has 0 aromatic carbocycles. The van der Waals surface area contributed by atoms with Crippen LogP contribution in [0, 0.1) is 23.2 Å². The van der Waals surface area contributed by atoms with E-state index in [2.05, 4.69) is 64.3 Å². The molecule has 44 heavy (non-hydrogen) atoms. The summed E-state index contributed by atoms with van der Waals surface area (Å²) in [6, 6.07) is 3.57. The highest BCUT2D eigenvalue weighted by Crippen LogP contribution is 2.72. The summed E-state index contributed by atoms with van der Waals surface area (Å²) in [7, 11) is -1.82. The van der Waals surface area contributed by atoms with Crippen molar-refractivity contribution < 1.29 is 18.7 Å². The fourth-order valence-corrected chi connectivity index (χ4v) is 10.4. The quantitative estimate of drug-likeness (QED) is 0.117. The summed E-state index contributed by atoms with van der Waals surface area (Å²) in [5.74, 6) is -0.485. The normalized spacial score (nSPS) is 30.2. The van der Waals surface area contributed by atoms with Gasteiger partial charge in [0.25, 0.3) is 0 Å².